The van der Waals surface area contributed by atoms with Gasteiger partial charge in [-0.25, -0.2) is 9.97 Å². The van der Waals surface area contributed by atoms with E-state index in [1.54, 1.807) is 13.0 Å². The van der Waals surface area contributed by atoms with Crippen molar-refractivity contribution in [1.29, 1.82) is 0 Å². The highest BCUT2D eigenvalue weighted by molar-refractivity contribution is 5.88. The SMILES string of the molecule is Cc1nc(NCc2cccc(C(F)(F)F)c2C)c2c[nH]c(=O)cc2n1. The van der Waals surface area contributed by atoms with Crippen LogP contribution in [0.1, 0.15) is 22.5 Å². The number of nitrogens with zero attached hydrogens (tertiary/aromatic N) is 2. The number of nitrogens with one attached hydrogen (secondary N) is 2. The van der Waals surface area contributed by atoms with E-state index in [2.05, 4.69) is 20.3 Å². The van der Waals surface area contributed by atoms with Gasteiger partial charge in [-0.3, -0.25) is 4.79 Å². The van der Waals surface area contributed by atoms with Gasteiger partial charge in [0.05, 0.1) is 16.5 Å². The van der Waals surface area contributed by atoms with Crippen molar-refractivity contribution in [1.82, 2.24) is 15.0 Å². The van der Waals surface area contributed by atoms with Crippen molar-refractivity contribution in [3.63, 3.8) is 0 Å². The summed E-state index contributed by atoms with van der Waals surface area (Å²) in [4.78, 5) is 22.4. The molecule has 2 aromatic heterocycles. The molecule has 2 N–H and O–H groups in total. The minimum atomic E-state index is -4.39. The zero-order valence-corrected chi connectivity index (χ0v) is 13.5. The number of anilines is 1. The first-order valence-electron chi connectivity index (χ1n) is 7.52. The summed E-state index contributed by atoms with van der Waals surface area (Å²) >= 11 is 0. The van der Waals surface area contributed by atoms with Gasteiger partial charge in [0, 0.05) is 18.8 Å². The van der Waals surface area contributed by atoms with Crippen molar-refractivity contribution < 1.29 is 13.2 Å². The van der Waals surface area contributed by atoms with Crippen LogP contribution in [0, 0.1) is 13.8 Å². The Morgan fingerprint density at radius 1 is 1.20 bits per heavy atom. The Balaban J connectivity index is 1.95. The summed E-state index contributed by atoms with van der Waals surface area (Å²) in [6.45, 7) is 3.29. The lowest BCUT2D eigenvalue weighted by Crippen LogP contribution is -2.12. The van der Waals surface area contributed by atoms with Crippen LogP contribution >= 0.6 is 0 Å². The summed E-state index contributed by atoms with van der Waals surface area (Å²) < 4.78 is 39.0. The quantitative estimate of drug-likeness (QED) is 0.759. The van der Waals surface area contributed by atoms with Crippen LogP contribution in [0.25, 0.3) is 10.9 Å². The van der Waals surface area contributed by atoms with Crippen LogP contribution in [0.3, 0.4) is 0 Å². The zero-order valence-electron chi connectivity index (χ0n) is 13.5. The molecule has 0 aliphatic carbocycles. The van der Waals surface area contributed by atoms with Gasteiger partial charge in [0.2, 0.25) is 5.56 Å². The Hall–Kier alpha value is -2.90. The average Bonchev–Trinajstić information content (AvgIpc) is 2.51. The largest absolute Gasteiger partial charge is 0.416 e. The Bertz CT molecular complexity index is 995. The van der Waals surface area contributed by atoms with Gasteiger partial charge >= 0.3 is 6.18 Å². The molecule has 25 heavy (non-hydrogen) atoms. The second-order valence-corrected chi connectivity index (χ2v) is 5.66. The summed E-state index contributed by atoms with van der Waals surface area (Å²) in [5.41, 5.74) is 0.222. The van der Waals surface area contributed by atoms with Gasteiger partial charge in [0.15, 0.2) is 0 Å². The Labute approximate surface area is 140 Å². The first kappa shape index (κ1) is 16.9. The maximum absolute atomic E-state index is 13.0. The second-order valence-electron chi connectivity index (χ2n) is 5.66. The normalized spacial score (nSPS) is 11.7. The molecule has 0 atom stereocenters. The fourth-order valence-corrected chi connectivity index (χ4v) is 2.66. The van der Waals surface area contributed by atoms with Gasteiger partial charge < -0.3 is 10.3 Å². The van der Waals surface area contributed by atoms with Crippen LogP contribution in [0.15, 0.2) is 35.3 Å². The molecule has 1 aromatic carbocycles. The molecular formula is C17H15F3N4O. The number of rotatable bonds is 3. The number of hydrogen-bond acceptors (Lipinski definition) is 4. The molecule has 0 aliphatic heterocycles. The first-order chi connectivity index (χ1) is 11.8. The third kappa shape index (κ3) is 3.47. The van der Waals surface area contributed by atoms with E-state index in [-0.39, 0.29) is 17.7 Å². The van der Waals surface area contributed by atoms with Crippen molar-refractivity contribution in [2.45, 2.75) is 26.6 Å². The molecule has 0 saturated heterocycles. The lowest BCUT2D eigenvalue weighted by Gasteiger charge is -2.15. The van der Waals surface area contributed by atoms with Gasteiger partial charge in [-0.15, -0.1) is 0 Å². The van der Waals surface area contributed by atoms with E-state index in [1.165, 1.54) is 25.3 Å². The maximum atomic E-state index is 13.0. The number of pyridine rings is 1. The number of hydrogen-bond donors (Lipinski definition) is 2. The minimum Gasteiger partial charge on any atom is -0.365 e. The third-order valence-corrected chi connectivity index (χ3v) is 3.91. The lowest BCUT2D eigenvalue weighted by molar-refractivity contribution is -0.138. The van der Waals surface area contributed by atoms with Crippen LogP contribution in [-0.4, -0.2) is 15.0 Å². The van der Waals surface area contributed by atoms with Crippen LogP contribution in [-0.2, 0) is 12.7 Å². The van der Waals surface area contributed by atoms with E-state index in [0.29, 0.717) is 28.1 Å². The number of halogens is 3. The molecule has 0 amide bonds. The molecule has 130 valence electrons. The number of aromatic nitrogens is 3. The molecule has 0 aliphatic rings. The summed E-state index contributed by atoms with van der Waals surface area (Å²) in [6.07, 6.45) is -2.91. The minimum absolute atomic E-state index is 0.167. The highest BCUT2D eigenvalue weighted by Gasteiger charge is 2.32. The molecule has 3 rings (SSSR count). The average molecular weight is 348 g/mol. The van der Waals surface area contributed by atoms with Crippen molar-refractivity contribution >= 4 is 16.7 Å². The van der Waals surface area contributed by atoms with Crippen LogP contribution in [0.5, 0.6) is 0 Å². The maximum Gasteiger partial charge on any atom is 0.416 e. The predicted molar refractivity (Wildman–Crippen MR) is 88.4 cm³/mol. The van der Waals surface area contributed by atoms with Crippen molar-refractivity contribution in [2.75, 3.05) is 5.32 Å². The first-order valence-corrected chi connectivity index (χ1v) is 7.52. The number of benzene rings is 1. The highest BCUT2D eigenvalue weighted by atomic mass is 19.4. The van der Waals surface area contributed by atoms with Gasteiger partial charge in [0.1, 0.15) is 11.6 Å². The number of aromatic amines is 1. The van der Waals surface area contributed by atoms with E-state index in [9.17, 15) is 18.0 Å². The van der Waals surface area contributed by atoms with Gasteiger partial charge in [-0.2, -0.15) is 13.2 Å². The molecule has 0 spiro atoms. The third-order valence-electron chi connectivity index (χ3n) is 3.91. The molecule has 0 radical (unpaired) electrons. The fraction of sp³-hybridized carbons (Fsp3) is 0.235. The van der Waals surface area contributed by atoms with E-state index in [1.807, 2.05) is 0 Å². The number of fused-ring (bicyclic) bond motifs is 1. The smallest absolute Gasteiger partial charge is 0.365 e. The molecular weight excluding hydrogens is 333 g/mol. The molecule has 0 unspecified atom stereocenters. The zero-order chi connectivity index (χ0) is 18.2. The summed E-state index contributed by atoms with van der Waals surface area (Å²) in [7, 11) is 0. The standard InChI is InChI=1S/C17H15F3N4O/c1-9-11(4-3-5-13(9)17(18,19)20)7-22-16-12-8-21-15(25)6-14(12)23-10(2)24-16/h3-6,8H,7H2,1-2H3,(H,21,25)(H,22,23,24). The molecule has 0 bridgehead atoms. The van der Waals surface area contributed by atoms with Crippen molar-refractivity contribution in [3.05, 3.63) is 63.3 Å². The van der Waals surface area contributed by atoms with Gasteiger partial charge in [0.25, 0.3) is 0 Å². The lowest BCUT2D eigenvalue weighted by atomic mass is 10.0. The van der Waals surface area contributed by atoms with E-state index >= 15 is 0 Å². The molecule has 8 heteroatoms. The van der Waals surface area contributed by atoms with Gasteiger partial charge in [-0.1, -0.05) is 12.1 Å². The summed E-state index contributed by atoms with van der Waals surface area (Å²) in [6, 6.07) is 5.43. The molecule has 0 saturated carbocycles. The van der Waals surface area contributed by atoms with Crippen LogP contribution < -0.4 is 10.9 Å². The Kier molecular flexibility index (Phi) is 4.20. The van der Waals surface area contributed by atoms with Crippen molar-refractivity contribution in [2.24, 2.45) is 0 Å². The predicted octanol–water partition coefficient (Wildman–Crippen LogP) is 3.57. The summed E-state index contributed by atoms with van der Waals surface area (Å²) in [5, 5.41) is 3.64. The molecule has 0 fully saturated rings. The monoisotopic (exact) mass is 348 g/mol. The van der Waals surface area contributed by atoms with Crippen LogP contribution in [0.4, 0.5) is 19.0 Å². The number of alkyl halides is 3. The Morgan fingerprint density at radius 3 is 2.68 bits per heavy atom. The summed E-state index contributed by atoms with van der Waals surface area (Å²) in [5.74, 6) is 0.914. The molecule has 2 heterocycles. The number of H-pyrrole nitrogens is 1. The molecule has 3 aromatic rings. The second kappa shape index (κ2) is 6.19. The topological polar surface area (TPSA) is 70.7 Å². The fourth-order valence-electron chi connectivity index (χ4n) is 2.66. The van der Waals surface area contributed by atoms with Gasteiger partial charge in [-0.05, 0) is 31.0 Å². The van der Waals surface area contributed by atoms with E-state index in [4.69, 9.17) is 0 Å². The van der Waals surface area contributed by atoms with E-state index in [0.717, 1.165) is 6.07 Å². The van der Waals surface area contributed by atoms with E-state index < -0.39 is 11.7 Å². The van der Waals surface area contributed by atoms with Crippen molar-refractivity contribution in [3.8, 4) is 0 Å². The molecule has 5 nitrogen and oxygen atoms in total. The Morgan fingerprint density at radius 2 is 1.96 bits per heavy atom. The number of aryl methyl sites for hydroxylation is 1. The highest BCUT2D eigenvalue weighted by Crippen LogP contribution is 2.33. The van der Waals surface area contributed by atoms with Crippen LogP contribution in [0.2, 0.25) is 0 Å².